The van der Waals surface area contributed by atoms with E-state index in [0.29, 0.717) is 17.2 Å². The van der Waals surface area contributed by atoms with Crippen LogP contribution in [0.4, 0.5) is 0 Å². The molecule has 0 aliphatic carbocycles. The number of methoxy groups -OCH3 is 1. The first kappa shape index (κ1) is 14.1. The molecule has 0 radical (unpaired) electrons. The molecular weight excluding hydrogens is 308 g/mol. The van der Waals surface area contributed by atoms with Crippen molar-refractivity contribution in [1.29, 1.82) is 0 Å². The van der Waals surface area contributed by atoms with Crippen molar-refractivity contribution in [3.8, 4) is 17.2 Å². The normalized spacial score (nSPS) is 10.5. The second-order valence-electron chi connectivity index (χ2n) is 4.12. The molecule has 0 saturated heterocycles. The predicted molar refractivity (Wildman–Crippen MR) is 76.5 cm³/mol. The highest BCUT2D eigenvalue weighted by molar-refractivity contribution is 6.29. The second-order valence-corrected chi connectivity index (χ2v) is 4.51. The zero-order valence-corrected chi connectivity index (χ0v) is 12.1. The Kier molecular flexibility index (Phi) is 3.75. The van der Waals surface area contributed by atoms with Gasteiger partial charge in [-0.05, 0) is 12.1 Å². The fourth-order valence-electron chi connectivity index (χ4n) is 1.80. The summed E-state index contributed by atoms with van der Waals surface area (Å²) in [6.07, 6.45) is 4.64. The highest BCUT2D eigenvalue weighted by Gasteiger charge is 2.18. The molecule has 3 rings (SSSR count). The molecule has 0 unspecified atom stereocenters. The van der Waals surface area contributed by atoms with E-state index in [2.05, 4.69) is 30.0 Å². The van der Waals surface area contributed by atoms with Crippen molar-refractivity contribution in [2.24, 2.45) is 0 Å². The van der Waals surface area contributed by atoms with Gasteiger partial charge in [-0.25, -0.2) is 9.48 Å². The summed E-state index contributed by atoms with van der Waals surface area (Å²) in [6, 6.07) is 4.75. The van der Waals surface area contributed by atoms with Crippen LogP contribution in [-0.2, 0) is 4.74 Å². The van der Waals surface area contributed by atoms with Gasteiger partial charge < -0.3 is 4.74 Å². The maximum absolute atomic E-state index is 11.7. The van der Waals surface area contributed by atoms with E-state index in [0.717, 1.165) is 0 Å². The van der Waals surface area contributed by atoms with E-state index in [4.69, 9.17) is 11.6 Å². The Morgan fingerprint density at radius 1 is 1.27 bits per heavy atom. The number of hydrogen-bond acceptors (Lipinski definition) is 7. The zero-order valence-electron chi connectivity index (χ0n) is 11.3. The zero-order chi connectivity index (χ0) is 15.5. The van der Waals surface area contributed by atoms with Gasteiger partial charge in [-0.1, -0.05) is 11.6 Å². The minimum atomic E-state index is -0.564. The molecule has 22 heavy (non-hydrogen) atoms. The fraction of sp³-hybridized carbons (Fsp3) is 0.0769. The van der Waals surface area contributed by atoms with Gasteiger partial charge in [-0.15, -0.1) is 10.2 Å². The molecule has 0 aromatic carbocycles. The summed E-state index contributed by atoms with van der Waals surface area (Å²) >= 11 is 5.73. The smallest absolute Gasteiger partial charge is 0.358 e. The summed E-state index contributed by atoms with van der Waals surface area (Å²) in [6.45, 7) is 0. The van der Waals surface area contributed by atoms with Gasteiger partial charge in [-0.2, -0.15) is 5.10 Å². The van der Waals surface area contributed by atoms with E-state index in [1.165, 1.54) is 18.0 Å². The summed E-state index contributed by atoms with van der Waals surface area (Å²) in [5.41, 5.74) is 1.19. The molecule has 9 heteroatoms. The summed E-state index contributed by atoms with van der Waals surface area (Å²) in [7, 11) is 1.28. The molecule has 8 nitrogen and oxygen atoms in total. The van der Waals surface area contributed by atoms with Crippen molar-refractivity contribution in [3.63, 3.8) is 0 Å². The SMILES string of the molecule is COC(=O)c1cc(-c2cnccn2)n(-c2ccc(Cl)nn2)n1. The molecule has 0 amide bonds. The lowest BCUT2D eigenvalue weighted by molar-refractivity contribution is 0.0593. The van der Waals surface area contributed by atoms with Crippen LogP contribution in [0, 0.1) is 0 Å². The molecule has 0 atom stereocenters. The third-order valence-electron chi connectivity index (χ3n) is 2.76. The number of nitrogens with zero attached hydrogens (tertiary/aromatic N) is 6. The maximum atomic E-state index is 11.7. The molecule has 0 saturated carbocycles. The van der Waals surface area contributed by atoms with Crippen LogP contribution < -0.4 is 0 Å². The van der Waals surface area contributed by atoms with E-state index in [-0.39, 0.29) is 10.8 Å². The molecule has 3 heterocycles. The highest BCUT2D eigenvalue weighted by atomic mass is 35.5. The topological polar surface area (TPSA) is 95.7 Å². The maximum Gasteiger partial charge on any atom is 0.358 e. The van der Waals surface area contributed by atoms with Crippen LogP contribution in [0.15, 0.2) is 36.8 Å². The molecule has 0 bridgehead atoms. The molecule has 0 N–H and O–H groups in total. The van der Waals surface area contributed by atoms with Crippen molar-refractivity contribution >= 4 is 17.6 Å². The Labute approximate surface area is 129 Å². The summed E-state index contributed by atoms with van der Waals surface area (Å²) in [5, 5.41) is 12.2. The Bertz CT molecular complexity index is 803. The predicted octanol–water partition coefficient (Wildman–Crippen LogP) is 1.56. The van der Waals surface area contributed by atoms with Crippen LogP contribution in [0.5, 0.6) is 0 Å². The number of aromatic nitrogens is 6. The van der Waals surface area contributed by atoms with E-state index in [9.17, 15) is 4.79 Å². The van der Waals surface area contributed by atoms with Crippen molar-refractivity contribution in [2.75, 3.05) is 7.11 Å². The first-order chi connectivity index (χ1) is 10.7. The van der Waals surface area contributed by atoms with Gasteiger partial charge in [0.2, 0.25) is 0 Å². The molecule has 110 valence electrons. The number of ether oxygens (including phenoxy) is 1. The number of rotatable bonds is 3. The molecule has 0 fully saturated rings. The van der Waals surface area contributed by atoms with Gasteiger partial charge in [0.15, 0.2) is 16.7 Å². The van der Waals surface area contributed by atoms with E-state index in [1.807, 2.05) is 0 Å². The molecule has 0 aliphatic rings. The van der Waals surface area contributed by atoms with Crippen LogP contribution in [0.1, 0.15) is 10.5 Å². The van der Waals surface area contributed by atoms with Crippen LogP contribution in [0.2, 0.25) is 5.15 Å². The molecule has 0 spiro atoms. The van der Waals surface area contributed by atoms with E-state index >= 15 is 0 Å². The van der Waals surface area contributed by atoms with Crippen molar-refractivity contribution in [2.45, 2.75) is 0 Å². The molecular formula is C13H9ClN6O2. The monoisotopic (exact) mass is 316 g/mol. The quantitative estimate of drug-likeness (QED) is 0.676. The Hall–Kier alpha value is -2.87. The van der Waals surface area contributed by atoms with Crippen LogP contribution in [0.3, 0.4) is 0 Å². The lowest BCUT2D eigenvalue weighted by Crippen LogP contribution is -2.06. The lowest BCUT2D eigenvalue weighted by Gasteiger charge is -2.04. The van der Waals surface area contributed by atoms with Gasteiger partial charge in [0.05, 0.1) is 19.0 Å². The summed E-state index contributed by atoms with van der Waals surface area (Å²) < 4.78 is 6.12. The molecule has 3 aromatic rings. The average Bonchev–Trinajstić information content (AvgIpc) is 3.01. The number of halogens is 1. The molecule has 3 aromatic heterocycles. The highest BCUT2D eigenvalue weighted by Crippen LogP contribution is 2.21. The lowest BCUT2D eigenvalue weighted by atomic mass is 10.3. The van der Waals surface area contributed by atoms with Crippen LogP contribution >= 0.6 is 11.6 Å². The molecule has 0 aliphatic heterocycles. The van der Waals surface area contributed by atoms with Crippen LogP contribution in [0.25, 0.3) is 17.2 Å². The number of esters is 1. The van der Waals surface area contributed by atoms with Gasteiger partial charge in [0.25, 0.3) is 0 Å². The minimum absolute atomic E-state index is 0.125. The summed E-state index contributed by atoms with van der Waals surface area (Å²) in [5.74, 6) is -0.175. The van der Waals surface area contributed by atoms with Gasteiger partial charge in [-0.3, -0.25) is 9.97 Å². The Morgan fingerprint density at radius 3 is 2.77 bits per heavy atom. The minimum Gasteiger partial charge on any atom is -0.464 e. The van der Waals surface area contributed by atoms with E-state index < -0.39 is 5.97 Å². The number of carbonyl (C=O) groups excluding carboxylic acids is 1. The van der Waals surface area contributed by atoms with E-state index in [1.54, 1.807) is 30.6 Å². The number of hydrogen-bond donors (Lipinski definition) is 0. The van der Waals surface area contributed by atoms with Crippen LogP contribution in [-0.4, -0.2) is 43.0 Å². The van der Waals surface area contributed by atoms with Gasteiger partial charge in [0, 0.05) is 18.5 Å². The third kappa shape index (κ3) is 2.63. The van der Waals surface area contributed by atoms with Crippen molar-refractivity contribution in [3.05, 3.63) is 47.6 Å². The first-order valence-electron chi connectivity index (χ1n) is 6.13. The second kappa shape index (κ2) is 5.86. The van der Waals surface area contributed by atoms with Crippen molar-refractivity contribution in [1.82, 2.24) is 29.9 Å². The summed E-state index contributed by atoms with van der Waals surface area (Å²) in [4.78, 5) is 19.9. The number of carbonyl (C=O) groups is 1. The Morgan fingerprint density at radius 2 is 2.14 bits per heavy atom. The third-order valence-corrected chi connectivity index (χ3v) is 2.97. The standard InChI is InChI=1S/C13H9ClN6O2/c1-22-13(21)8-6-10(9-7-15-4-5-16-9)20(19-8)12-3-2-11(14)17-18-12/h2-7H,1H3. The average molecular weight is 317 g/mol. The van der Waals surface area contributed by atoms with Crippen molar-refractivity contribution < 1.29 is 9.53 Å². The van der Waals surface area contributed by atoms with Gasteiger partial charge >= 0.3 is 5.97 Å². The fourth-order valence-corrected chi connectivity index (χ4v) is 1.90. The van der Waals surface area contributed by atoms with Gasteiger partial charge in [0.1, 0.15) is 5.69 Å². The largest absolute Gasteiger partial charge is 0.464 e. The first-order valence-corrected chi connectivity index (χ1v) is 6.51. The Balaban J connectivity index is 2.17.